The molecule has 5 heteroatoms. The van der Waals surface area contributed by atoms with Gasteiger partial charge in [0.25, 0.3) is 0 Å². The van der Waals surface area contributed by atoms with Crippen LogP contribution in [-0.2, 0) is 6.54 Å². The molecule has 4 rings (SSSR count). The van der Waals surface area contributed by atoms with Gasteiger partial charge in [-0.3, -0.25) is 9.80 Å². The maximum atomic E-state index is 9.98. The Bertz CT molecular complexity index is 762. The molecule has 134 valence electrons. The summed E-state index contributed by atoms with van der Waals surface area (Å²) < 4.78 is 0. The summed E-state index contributed by atoms with van der Waals surface area (Å²) in [7, 11) is 4.13. The second-order valence-corrected chi connectivity index (χ2v) is 7.83. The molecule has 0 spiro atoms. The van der Waals surface area contributed by atoms with Crippen molar-refractivity contribution in [2.45, 2.75) is 38.1 Å². The van der Waals surface area contributed by atoms with Gasteiger partial charge in [0, 0.05) is 63.3 Å². The van der Waals surface area contributed by atoms with E-state index in [1.165, 1.54) is 10.9 Å². The fourth-order valence-corrected chi connectivity index (χ4v) is 4.37. The molecule has 25 heavy (non-hydrogen) atoms. The molecule has 1 aromatic heterocycles. The highest BCUT2D eigenvalue weighted by Gasteiger charge is 2.38. The first kappa shape index (κ1) is 16.8. The van der Waals surface area contributed by atoms with Gasteiger partial charge in [0.15, 0.2) is 0 Å². The largest absolute Gasteiger partial charge is 0.392 e. The zero-order chi connectivity index (χ0) is 17.6. The number of aromatic nitrogens is 1. The number of fused-ring (bicyclic) bond motifs is 2. The van der Waals surface area contributed by atoms with Crippen molar-refractivity contribution in [2.24, 2.45) is 0 Å². The van der Waals surface area contributed by atoms with E-state index in [0.29, 0.717) is 12.1 Å². The minimum absolute atomic E-state index is 0.156. The molecule has 0 amide bonds. The number of piperazine rings is 1. The van der Waals surface area contributed by atoms with Gasteiger partial charge in [-0.15, -0.1) is 0 Å². The third kappa shape index (κ3) is 3.24. The van der Waals surface area contributed by atoms with Crippen molar-refractivity contribution in [3.8, 4) is 0 Å². The van der Waals surface area contributed by atoms with Crippen LogP contribution < -0.4 is 4.90 Å². The molecule has 0 bridgehead atoms. The van der Waals surface area contributed by atoms with Crippen LogP contribution >= 0.6 is 0 Å². The van der Waals surface area contributed by atoms with Crippen LogP contribution in [0.1, 0.15) is 18.9 Å². The fourth-order valence-electron chi connectivity index (χ4n) is 4.37. The number of aliphatic hydroxyl groups excluding tert-OH is 1. The maximum Gasteiger partial charge on any atom is 0.133 e. The molecule has 0 saturated carbocycles. The fraction of sp³-hybridized carbons (Fsp3) is 0.550. The molecule has 2 aliphatic heterocycles. The normalized spacial score (nSPS) is 27.6. The SMILES string of the molecule is C[C@H]1CN2C[C@H](O)C[C@H]2CN1Cc1cc2ccccc2nc1N(C)C. The van der Waals surface area contributed by atoms with Gasteiger partial charge in [0.1, 0.15) is 5.82 Å². The molecule has 3 heterocycles. The van der Waals surface area contributed by atoms with E-state index in [9.17, 15) is 5.11 Å². The number of para-hydroxylation sites is 1. The highest BCUT2D eigenvalue weighted by atomic mass is 16.3. The minimum atomic E-state index is -0.156. The standard InChI is InChI=1S/C20H28N4O/c1-14-10-24-13-18(25)9-17(24)12-23(14)11-16-8-15-6-4-5-7-19(15)21-20(16)22(2)3/h4-8,14,17-18,25H,9-13H2,1-3H3/t14-,17-,18+/m0/s1. The number of pyridine rings is 1. The Balaban J connectivity index is 1.62. The summed E-state index contributed by atoms with van der Waals surface area (Å²) in [6.07, 6.45) is 0.747. The van der Waals surface area contributed by atoms with E-state index in [1.807, 2.05) is 6.07 Å². The first-order valence-corrected chi connectivity index (χ1v) is 9.23. The molecule has 2 aromatic rings. The zero-order valence-electron chi connectivity index (χ0n) is 15.4. The first-order chi connectivity index (χ1) is 12.0. The van der Waals surface area contributed by atoms with Crippen LogP contribution in [0, 0.1) is 0 Å². The van der Waals surface area contributed by atoms with Gasteiger partial charge in [-0.05, 0) is 25.5 Å². The van der Waals surface area contributed by atoms with Gasteiger partial charge in [-0.1, -0.05) is 18.2 Å². The highest BCUT2D eigenvalue weighted by Crippen LogP contribution is 2.29. The van der Waals surface area contributed by atoms with Crippen LogP contribution in [-0.4, -0.2) is 71.8 Å². The Kier molecular flexibility index (Phi) is 4.40. The number of hydrogen-bond acceptors (Lipinski definition) is 5. The lowest BCUT2D eigenvalue weighted by Gasteiger charge is -2.42. The van der Waals surface area contributed by atoms with Crippen molar-refractivity contribution in [1.29, 1.82) is 0 Å². The molecular weight excluding hydrogens is 312 g/mol. The van der Waals surface area contributed by atoms with Gasteiger partial charge in [-0.25, -0.2) is 4.98 Å². The van der Waals surface area contributed by atoms with Crippen LogP contribution in [0.5, 0.6) is 0 Å². The molecule has 0 radical (unpaired) electrons. The third-order valence-electron chi connectivity index (χ3n) is 5.65. The maximum absolute atomic E-state index is 9.98. The van der Waals surface area contributed by atoms with E-state index < -0.39 is 0 Å². The third-order valence-corrected chi connectivity index (χ3v) is 5.65. The van der Waals surface area contributed by atoms with Gasteiger partial charge in [0.05, 0.1) is 11.6 Å². The Morgan fingerprint density at radius 3 is 2.80 bits per heavy atom. The molecule has 5 nitrogen and oxygen atoms in total. The Labute approximate surface area is 149 Å². The molecule has 3 atom stereocenters. The predicted molar refractivity (Wildman–Crippen MR) is 102 cm³/mol. The topological polar surface area (TPSA) is 42.8 Å². The van der Waals surface area contributed by atoms with Gasteiger partial charge < -0.3 is 10.0 Å². The summed E-state index contributed by atoms with van der Waals surface area (Å²) in [6.45, 7) is 6.11. The predicted octanol–water partition coefficient (Wildman–Crippen LogP) is 1.94. The Morgan fingerprint density at radius 1 is 1.20 bits per heavy atom. The molecule has 2 fully saturated rings. The van der Waals surface area contributed by atoms with E-state index in [-0.39, 0.29) is 6.10 Å². The number of benzene rings is 1. The van der Waals surface area contributed by atoms with E-state index in [4.69, 9.17) is 4.98 Å². The molecule has 1 aromatic carbocycles. The van der Waals surface area contributed by atoms with Crippen LogP contribution in [0.15, 0.2) is 30.3 Å². The Morgan fingerprint density at radius 2 is 2.00 bits per heavy atom. The lowest BCUT2D eigenvalue weighted by Crippen LogP contribution is -2.54. The van der Waals surface area contributed by atoms with Crippen molar-refractivity contribution in [3.63, 3.8) is 0 Å². The number of anilines is 1. The summed E-state index contributed by atoms with van der Waals surface area (Å²) in [5.74, 6) is 1.06. The number of rotatable bonds is 3. The first-order valence-electron chi connectivity index (χ1n) is 9.23. The van der Waals surface area contributed by atoms with Crippen molar-refractivity contribution < 1.29 is 5.11 Å². The molecule has 0 aliphatic carbocycles. The molecule has 2 saturated heterocycles. The van der Waals surface area contributed by atoms with E-state index >= 15 is 0 Å². The summed E-state index contributed by atoms with van der Waals surface area (Å²) >= 11 is 0. The zero-order valence-corrected chi connectivity index (χ0v) is 15.4. The second kappa shape index (κ2) is 6.56. The quantitative estimate of drug-likeness (QED) is 0.925. The highest BCUT2D eigenvalue weighted by molar-refractivity contribution is 5.81. The second-order valence-electron chi connectivity index (χ2n) is 7.83. The van der Waals surface area contributed by atoms with Crippen LogP contribution in [0.25, 0.3) is 10.9 Å². The number of aliphatic hydroxyl groups is 1. The minimum Gasteiger partial charge on any atom is -0.392 e. The monoisotopic (exact) mass is 340 g/mol. The summed E-state index contributed by atoms with van der Waals surface area (Å²) in [5.41, 5.74) is 2.33. The summed E-state index contributed by atoms with van der Waals surface area (Å²) in [6, 6.07) is 11.6. The average molecular weight is 340 g/mol. The van der Waals surface area contributed by atoms with Crippen molar-refractivity contribution in [2.75, 3.05) is 38.6 Å². The van der Waals surface area contributed by atoms with E-state index in [1.54, 1.807) is 0 Å². The molecule has 2 aliphatic rings. The van der Waals surface area contributed by atoms with Crippen LogP contribution in [0.4, 0.5) is 5.82 Å². The van der Waals surface area contributed by atoms with Crippen LogP contribution in [0.3, 0.4) is 0 Å². The Hall–Kier alpha value is -1.69. The summed E-state index contributed by atoms with van der Waals surface area (Å²) in [5, 5.41) is 11.2. The number of nitrogens with zero attached hydrogens (tertiary/aromatic N) is 4. The smallest absolute Gasteiger partial charge is 0.133 e. The van der Waals surface area contributed by atoms with E-state index in [0.717, 1.165) is 43.9 Å². The van der Waals surface area contributed by atoms with Gasteiger partial charge in [-0.2, -0.15) is 0 Å². The van der Waals surface area contributed by atoms with Gasteiger partial charge >= 0.3 is 0 Å². The molecule has 0 unspecified atom stereocenters. The number of hydrogen-bond donors (Lipinski definition) is 1. The lowest BCUT2D eigenvalue weighted by molar-refractivity contribution is 0.0529. The van der Waals surface area contributed by atoms with Crippen LogP contribution in [0.2, 0.25) is 0 Å². The van der Waals surface area contributed by atoms with Crippen molar-refractivity contribution >= 4 is 16.7 Å². The summed E-state index contributed by atoms with van der Waals surface area (Å²) in [4.78, 5) is 12.0. The van der Waals surface area contributed by atoms with E-state index in [2.05, 4.69) is 60.0 Å². The van der Waals surface area contributed by atoms with Gasteiger partial charge in [0.2, 0.25) is 0 Å². The average Bonchev–Trinajstić information content (AvgIpc) is 2.93. The lowest BCUT2D eigenvalue weighted by atomic mass is 10.1. The van der Waals surface area contributed by atoms with Crippen molar-refractivity contribution in [3.05, 3.63) is 35.9 Å². The molecular formula is C20H28N4O. The van der Waals surface area contributed by atoms with Crippen molar-refractivity contribution in [1.82, 2.24) is 14.8 Å². The molecule has 1 N–H and O–H groups in total.